The quantitative estimate of drug-likeness (QED) is 0.226. The number of halogens is 1. The van der Waals surface area contributed by atoms with Crippen LogP contribution in [0.3, 0.4) is 0 Å². The molecule has 0 aliphatic carbocycles. The molecule has 0 aliphatic heterocycles. The van der Waals surface area contributed by atoms with Crippen LogP contribution in [-0.4, -0.2) is 31.5 Å². The van der Waals surface area contributed by atoms with E-state index in [-0.39, 0.29) is 29.9 Å². The second-order valence-electron chi connectivity index (χ2n) is 6.17. The SMILES string of the molecule is CCCCCC(C)NC(=NC)NCCc1ccc(NC(C)=O)cc1.I. The van der Waals surface area contributed by atoms with Crippen molar-refractivity contribution in [1.29, 1.82) is 0 Å². The fourth-order valence-electron chi connectivity index (χ4n) is 2.48. The summed E-state index contributed by atoms with van der Waals surface area (Å²) in [4.78, 5) is 15.3. The molecule has 0 aromatic heterocycles. The maximum atomic E-state index is 11.0. The van der Waals surface area contributed by atoms with E-state index in [1.807, 2.05) is 24.3 Å². The topological polar surface area (TPSA) is 65.5 Å². The summed E-state index contributed by atoms with van der Waals surface area (Å²) in [6.45, 7) is 6.76. The van der Waals surface area contributed by atoms with Crippen LogP contribution in [-0.2, 0) is 11.2 Å². The number of nitrogens with one attached hydrogen (secondary N) is 3. The molecule has 0 saturated carbocycles. The molecule has 5 nitrogen and oxygen atoms in total. The van der Waals surface area contributed by atoms with Gasteiger partial charge in [-0.2, -0.15) is 0 Å². The number of aliphatic imine (C=N–C) groups is 1. The normalized spacial score (nSPS) is 12.1. The number of rotatable bonds is 9. The first-order valence-electron chi connectivity index (χ1n) is 8.88. The summed E-state index contributed by atoms with van der Waals surface area (Å²) >= 11 is 0. The van der Waals surface area contributed by atoms with Gasteiger partial charge in [0.15, 0.2) is 5.96 Å². The number of amides is 1. The Balaban J connectivity index is 0.00000576. The van der Waals surface area contributed by atoms with Gasteiger partial charge in [0.25, 0.3) is 0 Å². The zero-order chi connectivity index (χ0) is 17.8. The molecule has 1 aromatic carbocycles. The van der Waals surface area contributed by atoms with Gasteiger partial charge >= 0.3 is 0 Å². The van der Waals surface area contributed by atoms with E-state index in [4.69, 9.17) is 0 Å². The third-order valence-corrected chi connectivity index (χ3v) is 3.83. The number of benzene rings is 1. The summed E-state index contributed by atoms with van der Waals surface area (Å²) in [5.74, 6) is 0.807. The minimum atomic E-state index is -0.0488. The second-order valence-corrected chi connectivity index (χ2v) is 6.17. The van der Waals surface area contributed by atoms with Gasteiger partial charge in [-0.15, -0.1) is 24.0 Å². The molecule has 3 N–H and O–H groups in total. The number of hydrogen-bond donors (Lipinski definition) is 3. The Bertz CT molecular complexity index is 517. The fourth-order valence-corrected chi connectivity index (χ4v) is 2.48. The molecule has 0 aliphatic rings. The number of anilines is 1. The van der Waals surface area contributed by atoms with Crippen molar-refractivity contribution >= 4 is 41.5 Å². The smallest absolute Gasteiger partial charge is 0.221 e. The van der Waals surface area contributed by atoms with Gasteiger partial charge in [-0.1, -0.05) is 38.3 Å². The van der Waals surface area contributed by atoms with Crippen LogP contribution in [0.25, 0.3) is 0 Å². The molecule has 1 amide bonds. The Morgan fingerprint density at radius 3 is 2.44 bits per heavy atom. The van der Waals surface area contributed by atoms with Gasteiger partial charge in [0, 0.05) is 32.2 Å². The maximum absolute atomic E-state index is 11.0. The zero-order valence-electron chi connectivity index (χ0n) is 15.9. The Kier molecular flexibility index (Phi) is 13.2. The number of nitrogens with zero attached hydrogens (tertiary/aromatic N) is 1. The van der Waals surface area contributed by atoms with E-state index in [1.165, 1.54) is 38.2 Å². The van der Waals surface area contributed by atoms with Crippen LogP contribution in [0, 0.1) is 0 Å². The van der Waals surface area contributed by atoms with Gasteiger partial charge < -0.3 is 16.0 Å². The third kappa shape index (κ3) is 11.0. The maximum Gasteiger partial charge on any atom is 0.221 e. The first-order chi connectivity index (χ1) is 11.5. The molecule has 0 bridgehead atoms. The van der Waals surface area contributed by atoms with E-state index in [9.17, 15) is 4.79 Å². The lowest BCUT2D eigenvalue weighted by molar-refractivity contribution is -0.114. The van der Waals surface area contributed by atoms with E-state index in [1.54, 1.807) is 7.05 Å². The van der Waals surface area contributed by atoms with E-state index >= 15 is 0 Å². The molecule has 1 unspecified atom stereocenters. The van der Waals surface area contributed by atoms with Crippen molar-refractivity contribution in [3.8, 4) is 0 Å². The van der Waals surface area contributed by atoms with Crippen molar-refractivity contribution in [2.45, 2.75) is 58.9 Å². The highest BCUT2D eigenvalue weighted by molar-refractivity contribution is 14.0. The Morgan fingerprint density at radius 1 is 1.20 bits per heavy atom. The van der Waals surface area contributed by atoms with Crippen molar-refractivity contribution in [3.05, 3.63) is 29.8 Å². The molecule has 6 heteroatoms. The largest absolute Gasteiger partial charge is 0.356 e. The van der Waals surface area contributed by atoms with Gasteiger partial charge in [-0.3, -0.25) is 9.79 Å². The lowest BCUT2D eigenvalue weighted by Gasteiger charge is -2.18. The van der Waals surface area contributed by atoms with E-state index < -0.39 is 0 Å². The van der Waals surface area contributed by atoms with Crippen LogP contribution in [0.15, 0.2) is 29.3 Å². The minimum Gasteiger partial charge on any atom is -0.356 e. The van der Waals surface area contributed by atoms with Crippen molar-refractivity contribution in [2.24, 2.45) is 4.99 Å². The van der Waals surface area contributed by atoms with E-state index in [0.717, 1.165) is 24.6 Å². The van der Waals surface area contributed by atoms with Gasteiger partial charge in [-0.05, 0) is 37.5 Å². The lowest BCUT2D eigenvalue weighted by atomic mass is 10.1. The number of unbranched alkanes of at least 4 members (excludes halogenated alkanes) is 2. The molecule has 0 heterocycles. The highest BCUT2D eigenvalue weighted by Gasteiger charge is 2.04. The van der Waals surface area contributed by atoms with Crippen LogP contribution in [0.1, 0.15) is 52.0 Å². The van der Waals surface area contributed by atoms with E-state index in [0.29, 0.717) is 6.04 Å². The summed E-state index contributed by atoms with van der Waals surface area (Å²) in [5.41, 5.74) is 2.06. The highest BCUT2D eigenvalue weighted by Crippen LogP contribution is 2.09. The summed E-state index contributed by atoms with van der Waals surface area (Å²) in [5, 5.41) is 9.56. The lowest BCUT2D eigenvalue weighted by Crippen LogP contribution is -2.42. The van der Waals surface area contributed by atoms with Crippen LogP contribution in [0.4, 0.5) is 5.69 Å². The van der Waals surface area contributed by atoms with Crippen molar-refractivity contribution in [1.82, 2.24) is 10.6 Å². The van der Waals surface area contributed by atoms with E-state index in [2.05, 4.69) is 34.8 Å². The first-order valence-corrected chi connectivity index (χ1v) is 8.88. The molecular weight excluding hydrogens is 427 g/mol. The average Bonchev–Trinajstić information content (AvgIpc) is 2.55. The minimum absolute atomic E-state index is 0. The van der Waals surface area contributed by atoms with Crippen molar-refractivity contribution < 1.29 is 4.79 Å². The predicted octanol–water partition coefficient (Wildman–Crippen LogP) is 3.94. The third-order valence-electron chi connectivity index (χ3n) is 3.83. The van der Waals surface area contributed by atoms with Crippen LogP contribution in [0.2, 0.25) is 0 Å². The van der Waals surface area contributed by atoms with Gasteiger partial charge in [-0.25, -0.2) is 0 Å². The number of carbonyl (C=O) groups excluding carboxylic acids is 1. The summed E-state index contributed by atoms with van der Waals surface area (Å²) in [6, 6.07) is 8.37. The molecule has 1 rings (SSSR count). The van der Waals surface area contributed by atoms with Crippen LogP contribution >= 0.6 is 24.0 Å². The van der Waals surface area contributed by atoms with Gasteiger partial charge in [0.05, 0.1) is 0 Å². The van der Waals surface area contributed by atoms with Crippen LogP contribution in [0.5, 0.6) is 0 Å². The van der Waals surface area contributed by atoms with Crippen molar-refractivity contribution in [2.75, 3.05) is 18.9 Å². The summed E-state index contributed by atoms with van der Waals surface area (Å²) in [6.07, 6.45) is 5.86. The predicted molar refractivity (Wildman–Crippen MR) is 118 cm³/mol. The van der Waals surface area contributed by atoms with Crippen molar-refractivity contribution in [3.63, 3.8) is 0 Å². The molecule has 0 spiro atoms. The van der Waals surface area contributed by atoms with Gasteiger partial charge in [0.1, 0.15) is 0 Å². The zero-order valence-corrected chi connectivity index (χ0v) is 18.2. The summed E-state index contributed by atoms with van der Waals surface area (Å²) < 4.78 is 0. The molecular formula is C19H33IN4O. The Morgan fingerprint density at radius 2 is 1.88 bits per heavy atom. The molecule has 0 fully saturated rings. The van der Waals surface area contributed by atoms with Gasteiger partial charge in [0.2, 0.25) is 5.91 Å². The Hall–Kier alpha value is -1.31. The fraction of sp³-hybridized carbons (Fsp3) is 0.579. The molecule has 0 radical (unpaired) electrons. The molecule has 1 atom stereocenters. The molecule has 142 valence electrons. The number of hydrogen-bond acceptors (Lipinski definition) is 2. The monoisotopic (exact) mass is 460 g/mol. The number of carbonyl (C=O) groups is 1. The van der Waals surface area contributed by atoms with Crippen LogP contribution < -0.4 is 16.0 Å². The standard InChI is InChI=1S/C19H32N4O.HI/c1-5-6-7-8-15(2)22-19(20-4)21-14-13-17-9-11-18(12-10-17)23-16(3)24;/h9-12,15H,5-8,13-14H2,1-4H3,(H,23,24)(H2,20,21,22);1H. The molecule has 1 aromatic rings. The average molecular weight is 460 g/mol. The molecule has 0 saturated heterocycles. The Labute approximate surface area is 169 Å². The first kappa shape index (κ1) is 23.7. The highest BCUT2D eigenvalue weighted by atomic mass is 127. The summed E-state index contributed by atoms with van der Waals surface area (Å²) in [7, 11) is 1.80. The molecule has 25 heavy (non-hydrogen) atoms. The number of guanidine groups is 1. The second kappa shape index (κ2) is 13.9.